The zero-order valence-electron chi connectivity index (χ0n) is 12.9. The van der Waals surface area contributed by atoms with Gasteiger partial charge in [-0.05, 0) is 36.8 Å². The van der Waals surface area contributed by atoms with E-state index in [2.05, 4.69) is 24.1 Å². The molecule has 1 saturated carbocycles. The van der Waals surface area contributed by atoms with Gasteiger partial charge in [0, 0.05) is 6.54 Å². The Morgan fingerprint density at radius 1 is 1.48 bits per heavy atom. The van der Waals surface area contributed by atoms with E-state index in [1.165, 1.54) is 37.0 Å². The second-order valence-corrected chi connectivity index (χ2v) is 6.91. The maximum absolute atomic E-state index is 12.3. The highest BCUT2D eigenvalue weighted by Gasteiger charge is 2.22. The SMILES string of the molecule is Cc1cc(C(=O)NCC2CCCCC2C)sc1C#CCN. The molecule has 114 valence electrons. The summed E-state index contributed by atoms with van der Waals surface area (Å²) < 4.78 is 0. The molecule has 1 heterocycles. The Morgan fingerprint density at radius 3 is 2.95 bits per heavy atom. The summed E-state index contributed by atoms with van der Waals surface area (Å²) in [7, 11) is 0. The van der Waals surface area contributed by atoms with Crippen LogP contribution in [0.15, 0.2) is 6.07 Å². The van der Waals surface area contributed by atoms with Gasteiger partial charge < -0.3 is 11.1 Å². The van der Waals surface area contributed by atoms with Crippen molar-refractivity contribution in [1.82, 2.24) is 5.32 Å². The van der Waals surface area contributed by atoms with Gasteiger partial charge in [-0.1, -0.05) is 38.0 Å². The zero-order valence-corrected chi connectivity index (χ0v) is 13.7. The first-order chi connectivity index (χ1) is 10.1. The van der Waals surface area contributed by atoms with Gasteiger partial charge in [-0.25, -0.2) is 0 Å². The van der Waals surface area contributed by atoms with Gasteiger partial charge in [-0.3, -0.25) is 4.79 Å². The molecule has 0 bridgehead atoms. The Balaban J connectivity index is 1.94. The fourth-order valence-electron chi connectivity index (χ4n) is 2.86. The first-order valence-corrected chi connectivity index (χ1v) is 8.51. The molecule has 0 radical (unpaired) electrons. The lowest BCUT2D eigenvalue weighted by Crippen LogP contribution is -2.33. The number of thiophene rings is 1. The van der Waals surface area contributed by atoms with Crippen LogP contribution in [0, 0.1) is 30.6 Å². The van der Waals surface area contributed by atoms with Crippen molar-refractivity contribution in [2.45, 2.75) is 39.5 Å². The highest BCUT2D eigenvalue weighted by molar-refractivity contribution is 7.14. The van der Waals surface area contributed by atoms with Gasteiger partial charge >= 0.3 is 0 Å². The molecule has 1 aliphatic rings. The van der Waals surface area contributed by atoms with E-state index >= 15 is 0 Å². The minimum Gasteiger partial charge on any atom is -0.351 e. The van der Waals surface area contributed by atoms with E-state index in [-0.39, 0.29) is 5.91 Å². The number of aryl methyl sites for hydroxylation is 1. The van der Waals surface area contributed by atoms with Gasteiger partial charge in [0.15, 0.2) is 0 Å². The van der Waals surface area contributed by atoms with Gasteiger partial charge in [-0.15, -0.1) is 11.3 Å². The Bertz CT molecular complexity index is 553. The second kappa shape index (κ2) is 7.63. The van der Waals surface area contributed by atoms with E-state index in [4.69, 9.17) is 5.73 Å². The van der Waals surface area contributed by atoms with Crippen molar-refractivity contribution in [3.63, 3.8) is 0 Å². The molecule has 21 heavy (non-hydrogen) atoms. The number of nitrogens with two attached hydrogens (primary N) is 1. The normalized spacial score (nSPS) is 21.5. The molecule has 3 nitrogen and oxygen atoms in total. The predicted molar refractivity (Wildman–Crippen MR) is 88.4 cm³/mol. The lowest BCUT2D eigenvalue weighted by atomic mass is 9.80. The molecule has 0 spiro atoms. The number of hydrogen-bond donors (Lipinski definition) is 2. The average molecular weight is 304 g/mol. The van der Waals surface area contributed by atoms with E-state index in [9.17, 15) is 4.79 Å². The van der Waals surface area contributed by atoms with Gasteiger partial charge in [-0.2, -0.15) is 0 Å². The van der Waals surface area contributed by atoms with Crippen LogP contribution in [0.1, 0.15) is 52.7 Å². The molecule has 0 aliphatic heterocycles. The minimum atomic E-state index is 0.0293. The molecule has 2 rings (SSSR count). The molecule has 0 aromatic carbocycles. The molecular weight excluding hydrogens is 280 g/mol. The minimum absolute atomic E-state index is 0.0293. The van der Waals surface area contributed by atoms with E-state index in [0.29, 0.717) is 12.5 Å². The van der Waals surface area contributed by atoms with Crippen molar-refractivity contribution in [3.05, 3.63) is 21.4 Å². The maximum Gasteiger partial charge on any atom is 0.261 e. The number of carbonyl (C=O) groups excluding carboxylic acids is 1. The first-order valence-electron chi connectivity index (χ1n) is 7.69. The number of carbonyl (C=O) groups is 1. The summed E-state index contributed by atoms with van der Waals surface area (Å²) in [5.41, 5.74) is 6.44. The first kappa shape index (κ1) is 16.1. The Morgan fingerprint density at radius 2 is 2.24 bits per heavy atom. The third-order valence-corrected chi connectivity index (χ3v) is 5.41. The van der Waals surface area contributed by atoms with Gasteiger partial charge in [0.25, 0.3) is 5.91 Å². The molecular formula is C17H24N2OS. The van der Waals surface area contributed by atoms with Crippen molar-refractivity contribution >= 4 is 17.2 Å². The van der Waals surface area contributed by atoms with Crippen LogP contribution in [0.5, 0.6) is 0 Å². The van der Waals surface area contributed by atoms with E-state index in [1.54, 1.807) is 0 Å². The number of rotatable bonds is 3. The molecule has 1 aromatic heterocycles. The van der Waals surface area contributed by atoms with E-state index in [0.717, 1.165) is 27.8 Å². The molecule has 0 saturated heterocycles. The molecule has 4 heteroatoms. The number of hydrogen-bond acceptors (Lipinski definition) is 3. The van der Waals surface area contributed by atoms with Crippen molar-refractivity contribution in [3.8, 4) is 11.8 Å². The van der Waals surface area contributed by atoms with Crippen molar-refractivity contribution in [2.75, 3.05) is 13.1 Å². The highest BCUT2D eigenvalue weighted by Crippen LogP contribution is 2.29. The predicted octanol–water partition coefficient (Wildman–Crippen LogP) is 2.92. The molecule has 3 N–H and O–H groups in total. The molecule has 1 aliphatic carbocycles. The summed E-state index contributed by atoms with van der Waals surface area (Å²) in [6.45, 7) is 5.42. The number of nitrogens with one attached hydrogen (secondary N) is 1. The molecule has 1 amide bonds. The average Bonchev–Trinajstić information content (AvgIpc) is 2.85. The van der Waals surface area contributed by atoms with Gasteiger partial charge in [0.1, 0.15) is 0 Å². The number of amides is 1. The van der Waals surface area contributed by atoms with Gasteiger partial charge in [0.2, 0.25) is 0 Å². The summed E-state index contributed by atoms with van der Waals surface area (Å²) >= 11 is 1.45. The summed E-state index contributed by atoms with van der Waals surface area (Å²) in [6, 6.07) is 1.92. The van der Waals surface area contributed by atoms with Crippen LogP contribution in [0.4, 0.5) is 0 Å². The Hall–Kier alpha value is -1.31. The maximum atomic E-state index is 12.3. The fourth-order valence-corrected chi connectivity index (χ4v) is 3.82. The quantitative estimate of drug-likeness (QED) is 0.844. The van der Waals surface area contributed by atoms with Crippen LogP contribution in [0.3, 0.4) is 0 Å². The molecule has 2 unspecified atom stereocenters. The van der Waals surface area contributed by atoms with Crippen LogP contribution in [-0.4, -0.2) is 19.0 Å². The summed E-state index contributed by atoms with van der Waals surface area (Å²) in [5, 5.41) is 3.09. The van der Waals surface area contributed by atoms with Crippen LogP contribution in [0.25, 0.3) is 0 Å². The third-order valence-electron chi connectivity index (χ3n) is 4.26. The lowest BCUT2D eigenvalue weighted by molar-refractivity contribution is 0.0940. The Labute approximate surface area is 131 Å². The summed E-state index contributed by atoms with van der Waals surface area (Å²) in [4.78, 5) is 13.9. The largest absolute Gasteiger partial charge is 0.351 e. The summed E-state index contributed by atoms with van der Waals surface area (Å²) in [5.74, 6) is 7.24. The van der Waals surface area contributed by atoms with Crippen molar-refractivity contribution in [2.24, 2.45) is 17.6 Å². The van der Waals surface area contributed by atoms with Gasteiger partial charge in [0.05, 0.1) is 16.3 Å². The summed E-state index contributed by atoms with van der Waals surface area (Å²) in [6.07, 6.45) is 5.15. The highest BCUT2D eigenvalue weighted by atomic mass is 32.1. The van der Waals surface area contributed by atoms with Crippen LogP contribution in [-0.2, 0) is 0 Å². The monoisotopic (exact) mass is 304 g/mol. The fraction of sp³-hybridized carbons (Fsp3) is 0.588. The van der Waals surface area contributed by atoms with E-state index < -0.39 is 0 Å². The standard InChI is InChI=1S/C17H24N2OS/c1-12-6-3-4-7-14(12)11-19-17(20)16-10-13(2)15(21-16)8-5-9-18/h10,12,14H,3-4,6-7,9,11,18H2,1-2H3,(H,19,20). The van der Waals surface area contributed by atoms with Crippen LogP contribution < -0.4 is 11.1 Å². The second-order valence-electron chi connectivity index (χ2n) is 5.86. The van der Waals surface area contributed by atoms with Crippen molar-refractivity contribution in [1.29, 1.82) is 0 Å². The Kier molecular flexibility index (Phi) is 5.84. The van der Waals surface area contributed by atoms with Crippen molar-refractivity contribution < 1.29 is 4.79 Å². The zero-order chi connectivity index (χ0) is 15.2. The lowest BCUT2D eigenvalue weighted by Gasteiger charge is -2.28. The molecule has 1 aromatic rings. The molecule has 2 atom stereocenters. The van der Waals surface area contributed by atoms with E-state index in [1.807, 2.05) is 13.0 Å². The van der Waals surface area contributed by atoms with Crippen LogP contribution in [0.2, 0.25) is 0 Å². The third kappa shape index (κ3) is 4.33. The topological polar surface area (TPSA) is 55.1 Å². The molecule has 1 fully saturated rings. The smallest absolute Gasteiger partial charge is 0.261 e. The van der Waals surface area contributed by atoms with Crippen LogP contribution >= 0.6 is 11.3 Å².